The van der Waals surface area contributed by atoms with Crippen molar-refractivity contribution < 1.29 is 57.6 Å². The predicted molar refractivity (Wildman–Crippen MR) is 240 cm³/mol. The van der Waals surface area contributed by atoms with Crippen molar-refractivity contribution in [1.29, 1.82) is 0 Å². The third-order valence-electron chi connectivity index (χ3n) is 8.84. The molecule has 0 bridgehead atoms. The monoisotopic (exact) mass is 979 g/mol. The van der Waals surface area contributed by atoms with Gasteiger partial charge < -0.3 is 11.1 Å². The Morgan fingerprint density at radius 3 is 1.49 bits per heavy atom. The fourth-order valence-corrected chi connectivity index (χ4v) is 8.46. The molecule has 4 aromatic rings. The van der Waals surface area contributed by atoms with Crippen LogP contribution in [0.15, 0.2) is 82.6 Å². The molecule has 0 heterocycles. The average molecular weight is 980 g/mol. The predicted octanol–water partition coefficient (Wildman–Crippen LogP) is 9.32. The highest BCUT2D eigenvalue weighted by molar-refractivity contribution is 8.13. The Bertz CT molecular complexity index is 2540. The highest BCUT2D eigenvalue weighted by Gasteiger charge is 2.39. The molecule has 8 N–H and O–H groups in total. The molecule has 0 aromatic heterocycles. The van der Waals surface area contributed by atoms with Gasteiger partial charge in [0.05, 0.1) is 21.2 Å². The molecule has 14 nitrogen and oxygen atoms in total. The number of hydrazine groups is 2. The quantitative estimate of drug-likeness (QED) is 0.0309. The molecule has 0 aliphatic rings. The zero-order valence-electron chi connectivity index (χ0n) is 36.8. The number of hydrogen-bond donors (Lipinski definition) is 7. The van der Waals surface area contributed by atoms with Crippen LogP contribution in [0.2, 0.25) is 0 Å². The number of nitrogens with two attached hydrogens (primary N) is 1. The van der Waals surface area contributed by atoms with Crippen molar-refractivity contribution in [3.8, 4) is 0 Å². The fraction of sp³-hybridized carbons (Fsp3) is 0.357. The van der Waals surface area contributed by atoms with Crippen molar-refractivity contribution in [2.75, 3.05) is 26.6 Å². The molecule has 0 saturated carbocycles. The fourth-order valence-electron chi connectivity index (χ4n) is 5.89. The molecule has 65 heavy (non-hydrogen) atoms. The molecule has 3 amide bonds. The highest BCUT2D eigenvalue weighted by atomic mass is 35.7. The second kappa shape index (κ2) is 22.4. The molecule has 0 aliphatic carbocycles. The van der Waals surface area contributed by atoms with Gasteiger partial charge in [0, 0.05) is 34.2 Å². The Morgan fingerprint density at radius 1 is 0.631 bits per heavy atom. The van der Waals surface area contributed by atoms with Gasteiger partial charge in [-0.3, -0.25) is 40.8 Å². The first-order valence-electron chi connectivity index (χ1n) is 19.3. The number of rotatable bonds is 12. The van der Waals surface area contributed by atoms with Crippen LogP contribution in [-0.2, 0) is 33.5 Å². The molecule has 4 rings (SSSR count). The van der Waals surface area contributed by atoms with E-state index in [-0.39, 0.29) is 38.4 Å². The molecule has 1 unspecified atom stereocenters. The van der Waals surface area contributed by atoms with E-state index in [1.807, 2.05) is 26.8 Å². The van der Waals surface area contributed by atoms with Crippen molar-refractivity contribution in [3.63, 3.8) is 0 Å². The number of halogens is 7. The van der Waals surface area contributed by atoms with Gasteiger partial charge in [0.2, 0.25) is 5.91 Å². The molecule has 4 aromatic carbocycles. The molecular formula is C42H52ClF6N7O7S2. The second-order valence-corrected chi connectivity index (χ2v) is 20.3. The Kier molecular flexibility index (Phi) is 19.1. The third-order valence-corrected chi connectivity index (χ3v) is 11.8. The van der Waals surface area contributed by atoms with Gasteiger partial charge in [-0.15, -0.1) is 0 Å². The first-order valence-corrected chi connectivity index (χ1v) is 23.1. The SMILES string of the molecule is Cc1cc(C)c(S(=O)(=O)Cl)cc1C.Cc1cc(C)c(S(=O)(=O)Nc2ccc(NNC(=O)C(F)(F)F)cc2)cc1NC(=O)CC(C)CC(C)(C)C.Nc1ccc(NNC(=O)C(F)(F)F)cc1. The summed E-state index contributed by atoms with van der Waals surface area (Å²) in [6.45, 7) is 17.2. The molecule has 0 radical (unpaired) electrons. The minimum Gasteiger partial charge on any atom is -0.399 e. The van der Waals surface area contributed by atoms with Crippen LogP contribution in [0, 0.1) is 46.0 Å². The summed E-state index contributed by atoms with van der Waals surface area (Å²) >= 11 is 0. The number of nitrogens with one attached hydrogen (secondary N) is 6. The number of alkyl halides is 6. The second-order valence-electron chi connectivity index (χ2n) is 16.2. The van der Waals surface area contributed by atoms with E-state index in [0.29, 0.717) is 40.2 Å². The van der Waals surface area contributed by atoms with Crippen LogP contribution in [0.5, 0.6) is 0 Å². The van der Waals surface area contributed by atoms with E-state index in [9.17, 15) is 57.6 Å². The maximum atomic E-state index is 13.1. The van der Waals surface area contributed by atoms with Gasteiger partial charge >= 0.3 is 24.2 Å². The zero-order valence-corrected chi connectivity index (χ0v) is 39.2. The normalized spacial score (nSPS) is 12.2. The van der Waals surface area contributed by atoms with Crippen molar-refractivity contribution in [1.82, 2.24) is 10.9 Å². The lowest BCUT2D eigenvalue weighted by atomic mass is 9.84. The van der Waals surface area contributed by atoms with Crippen molar-refractivity contribution >= 4 is 75.9 Å². The van der Waals surface area contributed by atoms with Gasteiger partial charge in [0.1, 0.15) is 0 Å². The molecule has 0 saturated heterocycles. The minimum absolute atomic E-state index is 0.0317. The van der Waals surface area contributed by atoms with E-state index >= 15 is 0 Å². The summed E-state index contributed by atoms with van der Waals surface area (Å²) in [7, 11) is -2.40. The van der Waals surface area contributed by atoms with Gasteiger partial charge in [-0.25, -0.2) is 16.8 Å². The molecule has 23 heteroatoms. The summed E-state index contributed by atoms with van der Waals surface area (Å²) in [5.74, 6) is -4.28. The van der Waals surface area contributed by atoms with E-state index in [2.05, 4.69) is 41.7 Å². The lowest BCUT2D eigenvalue weighted by Gasteiger charge is -2.23. The van der Waals surface area contributed by atoms with E-state index in [4.69, 9.17) is 16.4 Å². The van der Waals surface area contributed by atoms with Gasteiger partial charge in [-0.2, -0.15) is 26.3 Å². The minimum atomic E-state index is -5.04. The number of benzene rings is 4. The van der Waals surface area contributed by atoms with Crippen molar-refractivity contribution in [2.45, 2.75) is 97.3 Å². The van der Waals surface area contributed by atoms with Crippen LogP contribution in [0.1, 0.15) is 68.4 Å². The summed E-state index contributed by atoms with van der Waals surface area (Å²) in [4.78, 5) is 34.1. The Labute approximate surface area is 378 Å². The largest absolute Gasteiger partial charge is 0.472 e. The van der Waals surface area contributed by atoms with Crippen LogP contribution in [0.3, 0.4) is 0 Å². The first-order chi connectivity index (χ1) is 29.6. The lowest BCUT2D eigenvalue weighted by molar-refractivity contribution is -0.173. The Morgan fingerprint density at radius 2 is 1.05 bits per heavy atom. The number of carbonyl (C=O) groups excluding carboxylic acids is 3. The zero-order chi connectivity index (χ0) is 49.9. The van der Waals surface area contributed by atoms with Crippen LogP contribution in [0.25, 0.3) is 0 Å². The molecule has 0 fully saturated rings. The standard InChI is InChI=1S/C25H33F3N4O4S.C9H11ClO2S.C8H8F3N3O/c1-15(14-24(4,5)6)11-22(33)29-20-13-21(17(3)12-16(20)2)37(35,36)32-19-9-7-18(8-10-19)30-31-23(34)25(26,27)28;1-6-4-8(3)9(5-7(6)2)13(10,11)12;9-8(10,11)7(15)14-13-6-3-1-5(12)2-4-6/h7-10,12-13,15,30,32H,11,14H2,1-6H3,(H,29,33)(H,31,34);4-5H,1-3H3;1-4,13H,12H2,(H,14,15). The molecular weight excluding hydrogens is 928 g/mol. The van der Waals surface area contributed by atoms with E-state index in [1.165, 1.54) is 65.4 Å². The summed E-state index contributed by atoms with van der Waals surface area (Å²) < 4.78 is 123. The van der Waals surface area contributed by atoms with Crippen LogP contribution < -0.4 is 37.5 Å². The van der Waals surface area contributed by atoms with Crippen molar-refractivity contribution in [3.05, 3.63) is 101 Å². The van der Waals surface area contributed by atoms with Gasteiger partial charge in [0.15, 0.2) is 0 Å². The summed E-state index contributed by atoms with van der Waals surface area (Å²) in [5, 5.41) is 2.82. The van der Waals surface area contributed by atoms with Gasteiger partial charge in [0.25, 0.3) is 19.1 Å². The average Bonchev–Trinajstić information content (AvgIpc) is 3.14. The molecule has 358 valence electrons. The van der Waals surface area contributed by atoms with Crippen LogP contribution in [0.4, 0.5) is 54.8 Å². The maximum Gasteiger partial charge on any atom is 0.472 e. The lowest BCUT2D eigenvalue weighted by Crippen LogP contribution is -2.40. The van der Waals surface area contributed by atoms with Crippen LogP contribution in [-0.4, -0.2) is 46.9 Å². The topological polar surface area (TPSA) is 218 Å². The van der Waals surface area contributed by atoms with Crippen LogP contribution >= 0.6 is 10.7 Å². The van der Waals surface area contributed by atoms with E-state index in [0.717, 1.165) is 17.5 Å². The van der Waals surface area contributed by atoms with Crippen molar-refractivity contribution in [2.24, 2.45) is 11.3 Å². The number of carbonyl (C=O) groups is 3. The van der Waals surface area contributed by atoms with E-state index in [1.54, 1.807) is 32.9 Å². The number of amides is 3. The number of anilines is 5. The first kappa shape index (κ1) is 55.4. The Balaban J connectivity index is 0.000000420. The maximum absolute atomic E-state index is 13.1. The van der Waals surface area contributed by atoms with E-state index < -0.39 is 43.2 Å². The number of aryl methyl sites for hydroxylation is 5. The molecule has 0 spiro atoms. The highest BCUT2D eigenvalue weighted by Crippen LogP contribution is 2.29. The number of sulfonamides is 1. The number of nitrogen functional groups attached to an aromatic ring is 1. The molecule has 0 aliphatic heterocycles. The summed E-state index contributed by atoms with van der Waals surface area (Å²) in [5.41, 5.74) is 18.0. The Hall–Kier alpha value is -5.74. The smallest absolute Gasteiger partial charge is 0.399 e. The molecule has 1 atom stereocenters. The van der Waals surface area contributed by atoms with Gasteiger partial charge in [-0.1, -0.05) is 39.8 Å². The third kappa shape index (κ3) is 19.1. The summed E-state index contributed by atoms with van der Waals surface area (Å²) in [6, 6.07) is 17.6. The van der Waals surface area contributed by atoms with Gasteiger partial charge in [-0.05, 0) is 141 Å². The summed E-state index contributed by atoms with van der Waals surface area (Å²) in [6.07, 6.45) is -8.78. The number of hydrogen-bond acceptors (Lipinski definition) is 10.